The summed E-state index contributed by atoms with van der Waals surface area (Å²) >= 11 is 2.81. The Morgan fingerprint density at radius 3 is 2.72 bits per heavy atom. The van der Waals surface area contributed by atoms with Crippen LogP contribution in [0.2, 0.25) is 0 Å². The van der Waals surface area contributed by atoms with Gasteiger partial charge < -0.3 is 4.90 Å². The van der Waals surface area contributed by atoms with Crippen molar-refractivity contribution < 1.29 is 9.59 Å². The van der Waals surface area contributed by atoms with Crippen molar-refractivity contribution in [3.8, 4) is 0 Å². The van der Waals surface area contributed by atoms with Crippen LogP contribution in [0, 0.1) is 6.92 Å². The number of carbonyl (C=O) groups is 2. The van der Waals surface area contributed by atoms with Gasteiger partial charge in [0.1, 0.15) is 5.01 Å². The molecule has 2 aromatic carbocycles. The molecule has 0 unspecified atom stereocenters. The molecule has 1 fully saturated rings. The average Bonchev–Trinajstić information content (AvgIpc) is 3.34. The van der Waals surface area contributed by atoms with Gasteiger partial charge in [-0.15, -0.1) is 22.0 Å². The van der Waals surface area contributed by atoms with Gasteiger partial charge in [0.15, 0.2) is 0 Å². The third-order valence-electron chi connectivity index (χ3n) is 4.68. The van der Waals surface area contributed by atoms with Crippen molar-refractivity contribution in [1.29, 1.82) is 0 Å². The summed E-state index contributed by atoms with van der Waals surface area (Å²) in [6.07, 6.45) is 0.404. The molecular weight excluding hydrogens is 404 g/mol. The Kier molecular flexibility index (Phi) is 5.92. The number of benzene rings is 2. The molecule has 1 atom stereocenters. The summed E-state index contributed by atoms with van der Waals surface area (Å²) in [6.45, 7) is 2.58. The Balaban J connectivity index is 1.36. The van der Waals surface area contributed by atoms with Crippen molar-refractivity contribution >= 4 is 45.7 Å². The first-order valence-electron chi connectivity index (χ1n) is 9.27. The smallest absolute Gasteiger partial charge is 0.236 e. The zero-order chi connectivity index (χ0) is 20.2. The molecule has 4 rings (SSSR count). The van der Waals surface area contributed by atoms with Crippen LogP contribution < -0.4 is 10.2 Å². The molecule has 0 spiro atoms. The highest BCUT2D eigenvalue weighted by atomic mass is 32.2. The molecule has 1 aliphatic heterocycles. The number of para-hydroxylation sites is 1. The number of aromatic nitrogens is 2. The van der Waals surface area contributed by atoms with Gasteiger partial charge in [0.25, 0.3) is 0 Å². The summed E-state index contributed by atoms with van der Waals surface area (Å²) < 4.78 is 0. The van der Waals surface area contributed by atoms with E-state index >= 15 is 0 Å². The van der Waals surface area contributed by atoms with Gasteiger partial charge in [0, 0.05) is 29.5 Å². The summed E-state index contributed by atoms with van der Waals surface area (Å²) in [6, 6.07) is 17.6. The zero-order valence-electron chi connectivity index (χ0n) is 15.9. The van der Waals surface area contributed by atoms with Gasteiger partial charge in [-0.25, -0.2) is 0 Å². The number of hydrogen-bond donors (Lipinski definition) is 1. The third kappa shape index (κ3) is 4.65. The maximum absolute atomic E-state index is 12.5. The van der Waals surface area contributed by atoms with Crippen LogP contribution in [0.15, 0.2) is 59.5 Å². The van der Waals surface area contributed by atoms with Crippen LogP contribution in [-0.2, 0) is 9.59 Å². The van der Waals surface area contributed by atoms with Crippen molar-refractivity contribution in [2.24, 2.45) is 0 Å². The highest BCUT2D eigenvalue weighted by Gasteiger charge is 2.34. The highest BCUT2D eigenvalue weighted by Crippen LogP contribution is 2.35. The van der Waals surface area contributed by atoms with Crippen LogP contribution in [0.3, 0.4) is 0 Å². The predicted molar refractivity (Wildman–Crippen MR) is 117 cm³/mol. The summed E-state index contributed by atoms with van der Waals surface area (Å²) in [4.78, 5) is 27.6. The molecule has 1 N–H and O–H groups in total. The topological polar surface area (TPSA) is 75.2 Å². The number of rotatable bonds is 6. The maximum Gasteiger partial charge on any atom is 0.236 e. The molecule has 0 radical (unpaired) electrons. The minimum atomic E-state index is -0.120. The second-order valence-electron chi connectivity index (χ2n) is 6.79. The van der Waals surface area contributed by atoms with Gasteiger partial charge >= 0.3 is 0 Å². The molecule has 2 heterocycles. The molecule has 0 aliphatic carbocycles. The molecule has 0 bridgehead atoms. The van der Waals surface area contributed by atoms with Crippen molar-refractivity contribution in [2.45, 2.75) is 24.2 Å². The van der Waals surface area contributed by atoms with E-state index in [9.17, 15) is 9.59 Å². The molecule has 29 heavy (non-hydrogen) atoms. The third-order valence-corrected chi connectivity index (χ3v) is 6.69. The lowest BCUT2D eigenvalue weighted by Crippen LogP contribution is -2.25. The lowest BCUT2D eigenvalue weighted by Gasteiger charge is -2.18. The molecule has 3 aromatic rings. The quantitative estimate of drug-likeness (QED) is 0.603. The Morgan fingerprint density at radius 1 is 1.17 bits per heavy atom. The molecule has 8 heteroatoms. The van der Waals surface area contributed by atoms with Crippen molar-refractivity contribution in [2.75, 3.05) is 22.5 Å². The monoisotopic (exact) mass is 424 g/mol. The Labute approximate surface area is 177 Å². The molecule has 148 valence electrons. The Bertz CT molecular complexity index is 1020. The molecule has 1 aromatic heterocycles. The molecule has 6 nitrogen and oxygen atoms in total. The molecular formula is C21H20N4O2S2. The number of aryl methyl sites for hydroxylation is 1. The first kappa shape index (κ1) is 19.6. The van der Waals surface area contributed by atoms with Crippen molar-refractivity contribution in [3.05, 3.63) is 65.2 Å². The van der Waals surface area contributed by atoms with E-state index in [4.69, 9.17) is 0 Å². The molecule has 0 saturated carbocycles. The van der Waals surface area contributed by atoms with Crippen molar-refractivity contribution in [3.63, 3.8) is 0 Å². The summed E-state index contributed by atoms with van der Waals surface area (Å²) in [5.41, 5.74) is 2.01. The van der Waals surface area contributed by atoms with E-state index in [0.717, 1.165) is 21.2 Å². The molecule has 1 aliphatic rings. The van der Waals surface area contributed by atoms with Gasteiger partial charge in [-0.2, -0.15) is 0 Å². The van der Waals surface area contributed by atoms with Gasteiger partial charge in [-0.3, -0.25) is 14.9 Å². The van der Waals surface area contributed by atoms with Crippen LogP contribution in [0.4, 0.5) is 10.8 Å². The van der Waals surface area contributed by atoms with Crippen LogP contribution in [0.25, 0.3) is 0 Å². The number of amides is 2. The minimum absolute atomic E-state index is 0.0102. The lowest BCUT2D eigenvalue weighted by atomic mass is 10.1. The van der Waals surface area contributed by atoms with Crippen LogP contribution in [-0.4, -0.2) is 34.3 Å². The largest absolute Gasteiger partial charge is 0.311 e. The van der Waals surface area contributed by atoms with E-state index in [0.29, 0.717) is 23.8 Å². The first-order chi connectivity index (χ1) is 14.1. The standard InChI is InChI=1S/C21H20N4O2S2/c1-14-7-5-6-10-17(14)25-12-15(11-19(25)27)20-23-24-21(29-20)22-18(26)13-28-16-8-3-2-4-9-16/h2-10,15H,11-13H2,1H3,(H,22,24,26)/t15-/m0/s1. The SMILES string of the molecule is Cc1ccccc1N1C[C@@H](c2nnc(NC(=O)CSc3ccccc3)s2)CC1=O. The first-order valence-corrected chi connectivity index (χ1v) is 11.1. The van der Waals surface area contributed by atoms with E-state index in [-0.39, 0.29) is 17.7 Å². The number of nitrogens with zero attached hydrogens (tertiary/aromatic N) is 3. The van der Waals surface area contributed by atoms with Gasteiger partial charge in [-0.05, 0) is 30.7 Å². The van der Waals surface area contributed by atoms with E-state index in [1.54, 1.807) is 0 Å². The Hall–Kier alpha value is -2.71. The predicted octanol–water partition coefficient (Wildman–Crippen LogP) is 4.10. The molecule has 1 saturated heterocycles. The minimum Gasteiger partial charge on any atom is -0.311 e. The van der Waals surface area contributed by atoms with E-state index in [1.165, 1.54) is 23.1 Å². The van der Waals surface area contributed by atoms with Gasteiger partial charge in [-0.1, -0.05) is 47.7 Å². The number of anilines is 2. The van der Waals surface area contributed by atoms with E-state index < -0.39 is 0 Å². The number of hydrogen-bond acceptors (Lipinski definition) is 6. The van der Waals surface area contributed by atoms with Crippen LogP contribution in [0.5, 0.6) is 0 Å². The zero-order valence-corrected chi connectivity index (χ0v) is 17.5. The lowest BCUT2D eigenvalue weighted by molar-refractivity contribution is -0.117. The maximum atomic E-state index is 12.5. The van der Waals surface area contributed by atoms with Gasteiger partial charge in [0.2, 0.25) is 16.9 Å². The average molecular weight is 425 g/mol. The summed E-state index contributed by atoms with van der Waals surface area (Å²) in [5, 5.41) is 12.4. The summed E-state index contributed by atoms with van der Waals surface area (Å²) in [5.74, 6) is 0.265. The fraction of sp³-hybridized carbons (Fsp3) is 0.238. The Morgan fingerprint density at radius 2 is 1.93 bits per heavy atom. The van der Waals surface area contributed by atoms with Crippen molar-refractivity contribution in [1.82, 2.24) is 10.2 Å². The fourth-order valence-electron chi connectivity index (χ4n) is 3.24. The van der Waals surface area contributed by atoms with E-state index in [2.05, 4.69) is 15.5 Å². The normalized spacial score (nSPS) is 16.2. The fourth-order valence-corrected chi connectivity index (χ4v) is 4.81. The van der Waals surface area contributed by atoms with E-state index in [1.807, 2.05) is 66.4 Å². The molecule has 2 amide bonds. The second-order valence-corrected chi connectivity index (χ2v) is 8.85. The van der Waals surface area contributed by atoms with Crippen LogP contribution >= 0.6 is 23.1 Å². The second kappa shape index (κ2) is 8.75. The summed E-state index contributed by atoms with van der Waals surface area (Å²) in [7, 11) is 0. The van der Waals surface area contributed by atoms with Crippen LogP contribution in [0.1, 0.15) is 22.9 Å². The number of carbonyl (C=O) groups excluding carboxylic acids is 2. The number of thioether (sulfide) groups is 1. The number of nitrogens with one attached hydrogen (secondary N) is 1. The van der Waals surface area contributed by atoms with Gasteiger partial charge in [0.05, 0.1) is 5.75 Å². The highest BCUT2D eigenvalue weighted by molar-refractivity contribution is 8.00.